The summed E-state index contributed by atoms with van der Waals surface area (Å²) in [5, 5.41) is 0. The minimum atomic E-state index is -0.0686. The minimum Gasteiger partial charge on any atom is -0.493 e. The van der Waals surface area contributed by atoms with Gasteiger partial charge in [-0.25, -0.2) is 0 Å². The van der Waals surface area contributed by atoms with Gasteiger partial charge in [-0.1, -0.05) is 12.1 Å². The van der Waals surface area contributed by atoms with Gasteiger partial charge in [0, 0.05) is 31.1 Å². The highest BCUT2D eigenvalue weighted by atomic mass is 16.5. The number of rotatable bonds is 8. The van der Waals surface area contributed by atoms with E-state index < -0.39 is 0 Å². The molecule has 0 bridgehead atoms. The van der Waals surface area contributed by atoms with Crippen LogP contribution >= 0.6 is 0 Å². The summed E-state index contributed by atoms with van der Waals surface area (Å²) in [7, 11) is 1.58. The number of carbonyl (C=O) groups excluding carboxylic acids is 2. The molecule has 1 aromatic rings. The summed E-state index contributed by atoms with van der Waals surface area (Å²) in [4.78, 5) is 29.4. The van der Waals surface area contributed by atoms with Crippen LogP contribution in [0.5, 0.6) is 11.5 Å². The van der Waals surface area contributed by atoms with E-state index >= 15 is 0 Å². The SMILES string of the molecule is COc1ccccc1OCC(=O)N(CCC(=O)N1C(C)CCCC1C)C1CC1. The first-order valence-electron chi connectivity index (χ1n) is 10.4. The van der Waals surface area contributed by atoms with Crippen LogP contribution in [0.3, 0.4) is 0 Å². The Morgan fingerprint density at radius 1 is 1.07 bits per heavy atom. The third-order valence-corrected chi connectivity index (χ3v) is 5.78. The van der Waals surface area contributed by atoms with Crippen molar-refractivity contribution in [1.82, 2.24) is 9.80 Å². The zero-order valence-electron chi connectivity index (χ0n) is 17.2. The predicted octanol–water partition coefficient (Wildman–Crippen LogP) is 3.24. The summed E-state index contributed by atoms with van der Waals surface area (Å²) in [6.45, 7) is 4.67. The topological polar surface area (TPSA) is 59.1 Å². The van der Waals surface area contributed by atoms with E-state index in [4.69, 9.17) is 9.47 Å². The molecule has 154 valence electrons. The standard InChI is InChI=1S/C22H32N2O4/c1-16-7-6-8-17(2)24(16)21(25)13-14-23(18-11-12-18)22(26)15-28-20-10-5-4-9-19(20)27-3/h4-5,9-10,16-18H,6-8,11-15H2,1-3H3. The van der Waals surface area contributed by atoms with Gasteiger partial charge in [-0.05, 0) is 58.1 Å². The zero-order valence-corrected chi connectivity index (χ0v) is 17.2. The number of ether oxygens (including phenoxy) is 2. The Morgan fingerprint density at radius 2 is 1.71 bits per heavy atom. The Kier molecular flexibility index (Phi) is 6.81. The molecule has 2 amide bonds. The molecule has 28 heavy (non-hydrogen) atoms. The van der Waals surface area contributed by atoms with Crippen molar-refractivity contribution in [2.45, 2.75) is 70.5 Å². The number of hydrogen-bond acceptors (Lipinski definition) is 4. The van der Waals surface area contributed by atoms with E-state index in [0.29, 0.717) is 24.5 Å². The van der Waals surface area contributed by atoms with Crippen LogP contribution in [0.25, 0.3) is 0 Å². The van der Waals surface area contributed by atoms with Crippen molar-refractivity contribution in [1.29, 1.82) is 0 Å². The molecule has 1 saturated carbocycles. The van der Waals surface area contributed by atoms with Crippen molar-refractivity contribution >= 4 is 11.8 Å². The molecule has 1 aliphatic heterocycles. The molecule has 2 atom stereocenters. The van der Waals surface area contributed by atoms with Crippen LogP contribution in [0.15, 0.2) is 24.3 Å². The van der Waals surface area contributed by atoms with Crippen molar-refractivity contribution in [3.8, 4) is 11.5 Å². The van der Waals surface area contributed by atoms with Gasteiger partial charge in [-0.3, -0.25) is 9.59 Å². The van der Waals surface area contributed by atoms with Crippen LogP contribution in [0, 0.1) is 0 Å². The van der Waals surface area contributed by atoms with Gasteiger partial charge in [0.15, 0.2) is 18.1 Å². The van der Waals surface area contributed by atoms with Crippen molar-refractivity contribution in [3.63, 3.8) is 0 Å². The lowest BCUT2D eigenvalue weighted by molar-refractivity contribution is -0.139. The van der Waals surface area contributed by atoms with E-state index in [-0.39, 0.29) is 36.5 Å². The first-order chi connectivity index (χ1) is 13.5. The quantitative estimate of drug-likeness (QED) is 0.686. The fourth-order valence-electron chi connectivity index (χ4n) is 4.12. The lowest BCUT2D eigenvalue weighted by atomic mass is 9.97. The van der Waals surface area contributed by atoms with Crippen molar-refractivity contribution < 1.29 is 19.1 Å². The molecule has 1 aromatic carbocycles. The van der Waals surface area contributed by atoms with E-state index in [1.165, 1.54) is 6.42 Å². The highest BCUT2D eigenvalue weighted by Gasteiger charge is 2.34. The van der Waals surface area contributed by atoms with Gasteiger partial charge in [0.25, 0.3) is 5.91 Å². The fourth-order valence-corrected chi connectivity index (χ4v) is 4.12. The maximum absolute atomic E-state index is 12.8. The van der Waals surface area contributed by atoms with Gasteiger partial charge in [0.1, 0.15) is 0 Å². The normalized spacial score (nSPS) is 21.9. The molecule has 1 saturated heterocycles. The number of hydrogen-bond donors (Lipinski definition) is 0. The van der Waals surface area contributed by atoms with Crippen LogP contribution in [0.4, 0.5) is 0 Å². The fraction of sp³-hybridized carbons (Fsp3) is 0.636. The average molecular weight is 389 g/mol. The first kappa shape index (κ1) is 20.5. The number of benzene rings is 1. The van der Waals surface area contributed by atoms with Crippen LogP contribution in [0.1, 0.15) is 52.4 Å². The minimum absolute atomic E-state index is 0.0401. The van der Waals surface area contributed by atoms with Crippen LogP contribution in [-0.2, 0) is 9.59 Å². The first-order valence-corrected chi connectivity index (χ1v) is 10.4. The van der Waals surface area contributed by atoms with Gasteiger partial charge >= 0.3 is 0 Å². The van der Waals surface area contributed by atoms with Crippen molar-refractivity contribution in [2.75, 3.05) is 20.3 Å². The molecule has 2 fully saturated rings. The van der Waals surface area contributed by atoms with Gasteiger partial charge in [0.05, 0.1) is 7.11 Å². The number of carbonyl (C=O) groups is 2. The monoisotopic (exact) mass is 388 g/mol. The lowest BCUT2D eigenvalue weighted by Gasteiger charge is -2.39. The Morgan fingerprint density at radius 3 is 2.32 bits per heavy atom. The Bertz CT molecular complexity index is 679. The Balaban J connectivity index is 1.54. The molecule has 2 aliphatic rings. The molecular weight excluding hydrogens is 356 g/mol. The lowest BCUT2D eigenvalue weighted by Crippen LogP contribution is -2.48. The molecule has 6 heteroatoms. The molecule has 2 unspecified atom stereocenters. The molecular formula is C22H32N2O4. The van der Waals surface area contributed by atoms with Crippen LogP contribution < -0.4 is 9.47 Å². The van der Waals surface area contributed by atoms with Crippen LogP contribution in [0.2, 0.25) is 0 Å². The highest BCUT2D eigenvalue weighted by Crippen LogP contribution is 2.29. The van der Waals surface area contributed by atoms with E-state index in [1.807, 2.05) is 21.9 Å². The Labute approximate surface area is 167 Å². The molecule has 0 radical (unpaired) electrons. The molecule has 6 nitrogen and oxygen atoms in total. The summed E-state index contributed by atoms with van der Waals surface area (Å²) in [5.41, 5.74) is 0. The maximum atomic E-state index is 12.8. The van der Waals surface area contributed by atoms with Crippen LogP contribution in [-0.4, -0.2) is 60.0 Å². The molecule has 1 aliphatic carbocycles. The number of methoxy groups -OCH3 is 1. The summed E-state index contributed by atoms with van der Waals surface area (Å²) >= 11 is 0. The van der Waals surface area contributed by atoms with Gasteiger partial charge in [0.2, 0.25) is 5.91 Å². The van der Waals surface area contributed by atoms with Gasteiger partial charge in [-0.2, -0.15) is 0 Å². The van der Waals surface area contributed by atoms with Gasteiger partial charge < -0.3 is 19.3 Å². The van der Waals surface area contributed by atoms with E-state index in [2.05, 4.69) is 13.8 Å². The summed E-state index contributed by atoms with van der Waals surface area (Å²) in [6, 6.07) is 8.12. The average Bonchev–Trinajstić information content (AvgIpc) is 3.51. The smallest absolute Gasteiger partial charge is 0.260 e. The number of piperidine rings is 1. The molecule has 3 rings (SSSR count). The van der Waals surface area contributed by atoms with E-state index in [9.17, 15) is 9.59 Å². The Hall–Kier alpha value is -2.24. The number of para-hydroxylation sites is 2. The van der Waals surface area contributed by atoms with Gasteiger partial charge in [-0.15, -0.1) is 0 Å². The maximum Gasteiger partial charge on any atom is 0.260 e. The summed E-state index contributed by atoms with van der Waals surface area (Å²) < 4.78 is 11.0. The number of nitrogens with zero attached hydrogens (tertiary/aromatic N) is 2. The van der Waals surface area contributed by atoms with E-state index in [1.54, 1.807) is 19.2 Å². The molecule has 0 spiro atoms. The predicted molar refractivity (Wildman–Crippen MR) is 107 cm³/mol. The summed E-state index contributed by atoms with van der Waals surface area (Å²) in [5.74, 6) is 1.25. The molecule has 0 N–H and O–H groups in total. The van der Waals surface area contributed by atoms with Crippen molar-refractivity contribution in [2.24, 2.45) is 0 Å². The number of likely N-dealkylation sites (tertiary alicyclic amines) is 1. The zero-order chi connectivity index (χ0) is 20.1. The highest BCUT2D eigenvalue weighted by molar-refractivity contribution is 5.81. The molecule has 1 heterocycles. The van der Waals surface area contributed by atoms with E-state index in [0.717, 1.165) is 25.7 Å². The third kappa shape index (κ3) is 4.97. The van der Waals surface area contributed by atoms with Crippen molar-refractivity contribution in [3.05, 3.63) is 24.3 Å². The summed E-state index contributed by atoms with van der Waals surface area (Å²) in [6.07, 6.45) is 5.70. The molecule has 0 aromatic heterocycles. The largest absolute Gasteiger partial charge is 0.493 e. The third-order valence-electron chi connectivity index (χ3n) is 5.78. The second kappa shape index (κ2) is 9.30. The second-order valence-corrected chi connectivity index (χ2v) is 7.94. The second-order valence-electron chi connectivity index (χ2n) is 7.94. The number of amides is 2.